The minimum Gasteiger partial charge on any atom is -0.469 e. The van der Waals surface area contributed by atoms with Gasteiger partial charge in [-0.3, -0.25) is 4.79 Å². The smallest absolute Gasteiger partial charge is 0.305 e. The molecule has 0 aliphatic rings. The lowest BCUT2D eigenvalue weighted by atomic mass is 10.1. The lowest BCUT2D eigenvalue weighted by Crippen LogP contribution is -2.05. The first-order valence-corrected chi connectivity index (χ1v) is 3.27. The fourth-order valence-electron chi connectivity index (χ4n) is 0.512. The van der Waals surface area contributed by atoms with E-state index in [0.717, 1.165) is 6.42 Å². The first kappa shape index (κ1) is 16.8. The van der Waals surface area contributed by atoms with E-state index in [9.17, 15) is 4.79 Å². The van der Waals surface area contributed by atoms with Gasteiger partial charge < -0.3 is 4.74 Å². The summed E-state index contributed by atoms with van der Waals surface area (Å²) in [5.41, 5.74) is 0. The third-order valence-electron chi connectivity index (χ3n) is 1.44. The van der Waals surface area contributed by atoms with Crippen LogP contribution in [0.3, 0.4) is 0 Å². The Hall–Kier alpha value is -0.530. The summed E-state index contributed by atoms with van der Waals surface area (Å²) in [6, 6.07) is 0. The van der Waals surface area contributed by atoms with Crippen molar-refractivity contribution in [1.29, 1.82) is 0 Å². The molecule has 0 aromatic carbocycles. The van der Waals surface area contributed by atoms with Crippen molar-refractivity contribution >= 4 is 5.97 Å². The van der Waals surface area contributed by atoms with Crippen molar-refractivity contribution in [2.24, 2.45) is 5.92 Å². The molecule has 0 aliphatic heterocycles. The van der Waals surface area contributed by atoms with Crippen LogP contribution in [0.5, 0.6) is 0 Å². The summed E-state index contributed by atoms with van der Waals surface area (Å²) in [6.07, 6.45) is 1.59. The van der Waals surface area contributed by atoms with Gasteiger partial charge in [-0.05, 0) is 5.92 Å². The predicted molar refractivity (Wildman–Crippen MR) is 49.6 cm³/mol. The molecule has 0 amide bonds. The summed E-state index contributed by atoms with van der Waals surface area (Å²) < 4.78 is 4.48. The minimum atomic E-state index is -0.107. The van der Waals surface area contributed by atoms with Gasteiger partial charge in [-0.25, -0.2) is 0 Å². The van der Waals surface area contributed by atoms with Crippen LogP contribution in [0.25, 0.3) is 0 Å². The van der Waals surface area contributed by atoms with Crippen molar-refractivity contribution in [1.82, 2.24) is 0 Å². The van der Waals surface area contributed by atoms with Gasteiger partial charge in [0.05, 0.1) is 7.11 Å². The van der Waals surface area contributed by atoms with Crippen molar-refractivity contribution in [2.45, 2.75) is 41.5 Å². The average Bonchev–Trinajstić information content (AvgIpc) is 1.87. The highest BCUT2D eigenvalue weighted by Crippen LogP contribution is 2.06. The van der Waals surface area contributed by atoms with E-state index >= 15 is 0 Å². The summed E-state index contributed by atoms with van der Waals surface area (Å²) in [4.78, 5) is 10.6. The number of rotatable bonds is 3. The second kappa shape index (κ2) is 9.47. The number of hydrogen-bond acceptors (Lipinski definition) is 2. The van der Waals surface area contributed by atoms with Gasteiger partial charge in [0, 0.05) is 6.42 Å². The maximum absolute atomic E-state index is 10.6. The number of carbonyl (C=O) groups is 1. The van der Waals surface area contributed by atoms with Gasteiger partial charge in [-0.1, -0.05) is 35.1 Å². The molecular weight excluding hydrogens is 140 g/mol. The topological polar surface area (TPSA) is 26.3 Å². The highest BCUT2D eigenvalue weighted by atomic mass is 16.5. The lowest BCUT2D eigenvalue weighted by molar-refractivity contribution is -0.141. The molecule has 70 valence electrons. The Bertz CT molecular complexity index is 89.6. The van der Waals surface area contributed by atoms with Crippen molar-refractivity contribution in [2.75, 3.05) is 7.11 Å². The molecule has 0 aromatic heterocycles. The van der Waals surface area contributed by atoms with Crippen molar-refractivity contribution < 1.29 is 9.53 Å². The van der Waals surface area contributed by atoms with Gasteiger partial charge in [0.15, 0.2) is 0 Å². The molecule has 0 radical (unpaired) electrons. The van der Waals surface area contributed by atoms with E-state index in [0.29, 0.717) is 12.3 Å². The molecule has 2 nitrogen and oxygen atoms in total. The third kappa shape index (κ3) is 9.47. The number of methoxy groups -OCH3 is 1. The Morgan fingerprint density at radius 3 is 2.18 bits per heavy atom. The summed E-state index contributed by atoms with van der Waals surface area (Å²) in [7, 11) is 1.42. The maximum Gasteiger partial charge on any atom is 0.305 e. The molecule has 0 saturated heterocycles. The molecule has 1 unspecified atom stereocenters. The van der Waals surface area contributed by atoms with Gasteiger partial charge >= 0.3 is 5.97 Å². The molecule has 0 aliphatic carbocycles. The predicted octanol–water partition coefficient (Wildman–Crippen LogP) is 2.87. The summed E-state index contributed by atoms with van der Waals surface area (Å²) in [6.45, 7) is 4.10. The molecule has 1 atom stereocenters. The van der Waals surface area contributed by atoms with Gasteiger partial charge in [0.2, 0.25) is 0 Å². The van der Waals surface area contributed by atoms with E-state index in [4.69, 9.17) is 0 Å². The molecule has 0 fully saturated rings. The molecular formula is C9H22O2. The highest BCUT2D eigenvalue weighted by Gasteiger charge is 2.05. The monoisotopic (exact) mass is 162 g/mol. The van der Waals surface area contributed by atoms with Crippen LogP contribution < -0.4 is 0 Å². The van der Waals surface area contributed by atoms with E-state index in [1.54, 1.807) is 0 Å². The Kier molecular flexibility index (Phi) is 14.5. The van der Waals surface area contributed by atoms with Crippen LogP contribution in [-0.2, 0) is 9.53 Å². The van der Waals surface area contributed by atoms with Gasteiger partial charge in [0.1, 0.15) is 0 Å². The van der Waals surface area contributed by atoms with Crippen LogP contribution in [0.2, 0.25) is 0 Å². The van der Waals surface area contributed by atoms with Crippen LogP contribution in [0.1, 0.15) is 41.5 Å². The zero-order valence-electron chi connectivity index (χ0n) is 6.31. The lowest BCUT2D eigenvalue weighted by Gasteiger charge is -2.04. The summed E-state index contributed by atoms with van der Waals surface area (Å²) >= 11 is 0. The van der Waals surface area contributed by atoms with Crippen LogP contribution in [-0.4, -0.2) is 13.1 Å². The maximum atomic E-state index is 10.6. The molecule has 0 saturated carbocycles. The second-order valence-electron chi connectivity index (χ2n) is 2.29. The highest BCUT2D eigenvalue weighted by molar-refractivity contribution is 5.69. The Morgan fingerprint density at radius 2 is 1.91 bits per heavy atom. The number of hydrogen-bond donors (Lipinski definition) is 0. The van der Waals surface area contributed by atoms with Crippen LogP contribution in [0.4, 0.5) is 0 Å². The van der Waals surface area contributed by atoms with Crippen LogP contribution in [0, 0.1) is 5.92 Å². The van der Waals surface area contributed by atoms with E-state index in [-0.39, 0.29) is 20.8 Å². The second-order valence-corrected chi connectivity index (χ2v) is 2.29. The molecule has 0 rings (SSSR count). The number of ether oxygens (including phenoxy) is 1. The average molecular weight is 162 g/mol. The van der Waals surface area contributed by atoms with E-state index in [1.807, 2.05) is 6.92 Å². The largest absolute Gasteiger partial charge is 0.469 e. The van der Waals surface area contributed by atoms with E-state index in [1.165, 1.54) is 7.11 Å². The normalized spacial score (nSPS) is 10.5. The van der Waals surface area contributed by atoms with E-state index < -0.39 is 0 Å². The Labute approximate surface area is 70.9 Å². The summed E-state index contributed by atoms with van der Waals surface area (Å²) in [5, 5.41) is 0. The van der Waals surface area contributed by atoms with Gasteiger partial charge in [0.25, 0.3) is 0 Å². The molecule has 2 heteroatoms. The fraction of sp³-hybridized carbons (Fsp3) is 0.889. The quantitative estimate of drug-likeness (QED) is 0.596. The molecule has 0 N–H and O–H groups in total. The van der Waals surface area contributed by atoms with Crippen LogP contribution >= 0.6 is 0 Å². The zero-order valence-corrected chi connectivity index (χ0v) is 6.31. The van der Waals surface area contributed by atoms with Crippen molar-refractivity contribution in [3.8, 4) is 0 Å². The van der Waals surface area contributed by atoms with Crippen molar-refractivity contribution in [3.63, 3.8) is 0 Å². The fourth-order valence-corrected chi connectivity index (χ4v) is 0.512. The molecule has 0 bridgehead atoms. The third-order valence-corrected chi connectivity index (χ3v) is 1.44. The minimum absolute atomic E-state index is 0. The Morgan fingerprint density at radius 1 is 1.45 bits per heavy atom. The van der Waals surface area contributed by atoms with E-state index in [2.05, 4.69) is 11.7 Å². The first-order valence-electron chi connectivity index (χ1n) is 3.27. The molecule has 0 aromatic rings. The number of esters is 1. The number of carbonyl (C=O) groups excluding carboxylic acids is 1. The standard InChI is InChI=1S/C7H14O2.2CH4/c1-4-6(2)5-7(8)9-3;;/h6H,4-5H2,1-3H3;2*1H4. The molecule has 0 heterocycles. The summed E-state index contributed by atoms with van der Waals surface area (Å²) in [5.74, 6) is 0.349. The van der Waals surface area contributed by atoms with Gasteiger partial charge in [-0.2, -0.15) is 0 Å². The van der Waals surface area contributed by atoms with Crippen LogP contribution in [0.15, 0.2) is 0 Å². The van der Waals surface area contributed by atoms with Gasteiger partial charge in [-0.15, -0.1) is 0 Å². The van der Waals surface area contributed by atoms with Crippen molar-refractivity contribution in [3.05, 3.63) is 0 Å². The molecule has 11 heavy (non-hydrogen) atoms. The first-order chi connectivity index (χ1) is 4.20. The SMILES string of the molecule is C.C.CCC(C)CC(=O)OC. The zero-order chi connectivity index (χ0) is 7.28. The Balaban J connectivity index is -0.000000320. The molecule has 0 spiro atoms.